The minimum Gasteiger partial charge on any atom is -0.469 e. The van der Waals surface area contributed by atoms with Gasteiger partial charge in [-0.05, 0) is 23.8 Å². The number of rotatable bonds is 7. The van der Waals surface area contributed by atoms with Gasteiger partial charge in [-0.3, -0.25) is 14.4 Å². The van der Waals surface area contributed by atoms with Gasteiger partial charge in [0.25, 0.3) is 5.91 Å². The maximum absolute atomic E-state index is 13.2. The first-order chi connectivity index (χ1) is 12.9. The summed E-state index contributed by atoms with van der Waals surface area (Å²) < 4.78 is 30.7. The number of hydrogen-bond acceptors (Lipinski definition) is 4. The molecule has 27 heavy (non-hydrogen) atoms. The van der Waals surface area contributed by atoms with E-state index in [1.807, 2.05) is 0 Å². The van der Waals surface area contributed by atoms with Gasteiger partial charge in [0.15, 0.2) is 11.6 Å². The zero-order chi connectivity index (χ0) is 19.8. The van der Waals surface area contributed by atoms with Gasteiger partial charge in [-0.2, -0.15) is 0 Å². The van der Waals surface area contributed by atoms with Gasteiger partial charge in [0.1, 0.15) is 0 Å². The van der Waals surface area contributed by atoms with Gasteiger partial charge in [0.05, 0.1) is 26.1 Å². The largest absolute Gasteiger partial charge is 0.469 e. The molecule has 2 amide bonds. The number of methoxy groups -OCH3 is 1. The molecule has 0 bridgehead atoms. The standard InChI is InChI=1S/C19H18F2N2O4/c1-27-18(25)10-16(12-5-3-2-4-6-12)23-17(24)11-22-19(26)13-7-8-14(20)15(21)9-13/h2-9,16H,10-11H2,1H3,(H,22,26)(H,23,24). The molecule has 6 nitrogen and oxygen atoms in total. The van der Waals surface area contributed by atoms with Gasteiger partial charge in [0.2, 0.25) is 5.91 Å². The van der Waals surface area contributed by atoms with E-state index in [0.717, 1.165) is 18.2 Å². The van der Waals surface area contributed by atoms with Gasteiger partial charge in [-0.25, -0.2) is 8.78 Å². The van der Waals surface area contributed by atoms with Gasteiger partial charge in [-0.1, -0.05) is 30.3 Å². The molecule has 0 spiro atoms. The number of ether oxygens (including phenoxy) is 1. The Hall–Kier alpha value is -3.29. The molecule has 0 saturated carbocycles. The highest BCUT2D eigenvalue weighted by atomic mass is 19.2. The van der Waals surface area contributed by atoms with Gasteiger partial charge in [0, 0.05) is 5.56 Å². The number of esters is 1. The minimum absolute atomic E-state index is 0.0800. The van der Waals surface area contributed by atoms with Crippen LogP contribution in [-0.2, 0) is 14.3 Å². The molecule has 8 heteroatoms. The Labute approximate surface area is 154 Å². The predicted octanol–water partition coefficient (Wildman–Crippen LogP) is 2.12. The van der Waals surface area contributed by atoms with Crippen LogP contribution in [0.25, 0.3) is 0 Å². The molecule has 142 valence electrons. The van der Waals surface area contributed by atoms with Crippen molar-refractivity contribution >= 4 is 17.8 Å². The molecular formula is C19H18F2N2O4. The number of carbonyl (C=O) groups excluding carboxylic acids is 3. The van der Waals surface area contributed by atoms with E-state index in [2.05, 4.69) is 15.4 Å². The van der Waals surface area contributed by atoms with Crippen LogP contribution < -0.4 is 10.6 Å². The SMILES string of the molecule is COC(=O)CC(NC(=O)CNC(=O)c1ccc(F)c(F)c1)c1ccccc1. The maximum Gasteiger partial charge on any atom is 0.307 e. The molecule has 0 aromatic heterocycles. The van der Waals surface area contributed by atoms with Crippen LogP contribution in [0, 0.1) is 11.6 Å². The molecule has 2 N–H and O–H groups in total. The van der Waals surface area contributed by atoms with E-state index in [-0.39, 0.29) is 12.0 Å². The quantitative estimate of drug-likeness (QED) is 0.725. The number of nitrogens with one attached hydrogen (secondary N) is 2. The van der Waals surface area contributed by atoms with Crippen LogP contribution >= 0.6 is 0 Å². The van der Waals surface area contributed by atoms with E-state index in [0.29, 0.717) is 5.56 Å². The lowest BCUT2D eigenvalue weighted by molar-refractivity contribution is -0.141. The average molecular weight is 376 g/mol. The number of amides is 2. The van der Waals surface area contributed by atoms with Gasteiger partial charge in [-0.15, -0.1) is 0 Å². The summed E-state index contributed by atoms with van der Waals surface area (Å²) in [4.78, 5) is 35.7. The predicted molar refractivity (Wildman–Crippen MR) is 92.6 cm³/mol. The fourth-order valence-electron chi connectivity index (χ4n) is 2.33. The molecule has 0 radical (unpaired) electrons. The van der Waals surface area contributed by atoms with Crippen molar-refractivity contribution in [3.8, 4) is 0 Å². The summed E-state index contributed by atoms with van der Waals surface area (Å²) in [6.07, 6.45) is -0.0800. The number of halogens is 2. The van der Waals surface area contributed by atoms with Crippen molar-refractivity contribution in [2.45, 2.75) is 12.5 Å². The monoisotopic (exact) mass is 376 g/mol. The Balaban J connectivity index is 1.97. The molecule has 0 aliphatic rings. The summed E-state index contributed by atoms with van der Waals surface area (Å²) in [7, 11) is 1.24. The molecule has 0 saturated heterocycles. The van der Waals surface area contributed by atoms with Crippen molar-refractivity contribution < 1.29 is 27.9 Å². The summed E-state index contributed by atoms with van der Waals surface area (Å²) in [5.41, 5.74) is 0.582. The highest BCUT2D eigenvalue weighted by Gasteiger charge is 2.19. The van der Waals surface area contributed by atoms with Crippen LogP contribution in [-0.4, -0.2) is 31.4 Å². The molecule has 0 fully saturated rings. The molecule has 2 aromatic carbocycles. The summed E-state index contributed by atoms with van der Waals surface area (Å²) in [5.74, 6) is -4.01. The molecule has 2 rings (SSSR count). The summed E-state index contributed by atoms with van der Waals surface area (Å²) in [5, 5.41) is 4.95. The second-order valence-corrected chi connectivity index (χ2v) is 5.62. The van der Waals surface area contributed by atoms with Crippen LogP contribution in [0.1, 0.15) is 28.4 Å². The first kappa shape index (κ1) is 20.0. The number of hydrogen-bond donors (Lipinski definition) is 2. The fourth-order valence-corrected chi connectivity index (χ4v) is 2.33. The summed E-state index contributed by atoms with van der Waals surface area (Å²) in [6, 6.07) is 10.8. The lowest BCUT2D eigenvalue weighted by Gasteiger charge is -2.18. The minimum atomic E-state index is -1.16. The Morgan fingerprint density at radius 1 is 1.04 bits per heavy atom. The Bertz CT molecular complexity index is 828. The molecule has 0 aliphatic heterocycles. The van der Waals surface area contributed by atoms with E-state index in [4.69, 9.17) is 0 Å². The van der Waals surface area contributed by atoms with Crippen LogP contribution in [0.3, 0.4) is 0 Å². The third-order valence-electron chi connectivity index (χ3n) is 3.73. The van der Waals surface area contributed by atoms with Crippen molar-refractivity contribution in [2.24, 2.45) is 0 Å². The second-order valence-electron chi connectivity index (χ2n) is 5.62. The first-order valence-corrected chi connectivity index (χ1v) is 8.05. The molecule has 1 unspecified atom stereocenters. The first-order valence-electron chi connectivity index (χ1n) is 8.05. The van der Waals surface area contributed by atoms with E-state index < -0.39 is 42.0 Å². The lowest BCUT2D eigenvalue weighted by Crippen LogP contribution is -2.39. The van der Waals surface area contributed by atoms with Gasteiger partial charge >= 0.3 is 5.97 Å². The van der Waals surface area contributed by atoms with Crippen molar-refractivity contribution in [3.63, 3.8) is 0 Å². The number of benzene rings is 2. The van der Waals surface area contributed by atoms with E-state index in [1.165, 1.54) is 7.11 Å². The second kappa shape index (κ2) is 9.42. The molecule has 2 aromatic rings. The average Bonchev–Trinajstić information content (AvgIpc) is 2.68. The van der Waals surface area contributed by atoms with Crippen molar-refractivity contribution in [2.75, 3.05) is 13.7 Å². The Morgan fingerprint density at radius 3 is 2.37 bits per heavy atom. The molecular weight excluding hydrogens is 358 g/mol. The summed E-state index contributed by atoms with van der Waals surface area (Å²) in [6.45, 7) is -0.400. The van der Waals surface area contributed by atoms with E-state index in [9.17, 15) is 23.2 Å². The third kappa shape index (κ3) is 5.88. The third-order valence-corrected chi connectivity index (χ3v) is 3.73. The van der Waals surface area contributed by atoms with Crippen LogP contribution in [0.5, 0.6) is 0 Å². The van der Waals surface area contributed by atoms with Gasteiger partial charge < -0.3 is 15.4 Å². The Morgan fingerprint density at radius 2 is 1.74 bits per heavy atom. The Kier molecular flexibility index (Phi) is 6.99. The highest BCUT2D eigenvalue weighted by Crippen LogP contribution is 2.17. The molecule has 0 heterocycles. The van der Waals surface area contributed by atoms with Crippen molar-refractivity contribution in [1.82, 2.24) is 10.6 Å². The zero-order valence-corrected chi connectivity index (χ0v) is 14.5. The van der Waals surface area contributed by atoms with E-state index >= 15 is 0 Å². The van der Waals surface area contributed by atoms with Crippen LogP contribution in [0.2, 0.25) is 0 Å². The fraction of sp³-hybridized carbons (Fsp3) is 0.211. The number of carbonyl (C=O) groups is 3. The normalized spacial score (nSPS) is 11.4. The van der Waals surface area contributed by atoms with Crippen molar-refractivity contribution in [3.05, 3.63) is 71.3 Å². The summed E-state index contributed by atoms with van der Waals surface area (Å²) >= 11 is 0. The van der Waals surface area contributed by atoms with Crippen LogP contribution in [0.15, 0.2) is 48.5 Å². The van der Waals surface area contributed by atoms with Crippen molar-refractivity contribution in [1.29, 1.82) is 0 Å². The molecule has 1 atom stereocenters. The van der Waals surface area contributed by atoms with Crippen LogP contribution in [0.4, 0.5) is 8.78 Å². The maximum atomic E-state index is 13.2. The highest BCUT2D eigenvalue weighted by molar-refractivity contribution is 5.96. The molecule has 0 aliphatic carbocycles. The zero-order valence-electron chi connectivity index (χ0n) is 14.5. The smallest absolute Gasteiger partial charge is 0.307 e. The lowest BCUT2D eigenvalue weighted by atomic mass is 10.0. The van der Waals surface area contributed by atoms with E-state index in [1.54, 1.807) is 30.3 Å². The topological polar surface area (TPSA) is 84.5 Å².